The van der Waals surface area contributed by atoms with Crippen LogP contribution in [0, 0.1) is 0 Å². The van der Waals surface area contributed by atoms with Crippen LogP contribution in [0.1, 0.15) is 33.6 Å². The van der Waals surface area contributed by atoms with Crippen LogP contribution in [0.3, 0.4) is 0 Å². The second-order valence-electron chi connectivity index (χ2n) is 4.78. The molecule has 1 N–H and O–H groups in total. The maximum absolute atomic E-state index is 5.49. The molecule has 15 heavy (non-hydrogen) atoms. The fourth-order valence-electron chi connectivity index (χ4n) is 2.02. The first kappa shape index (κ1) is 12.9. The van der Waals surface area contributed by atoms with Gasteiger partial charge in [0, 0.05) is 19.1 Å². The van der Waals surface area contributed by atoms with Gasteiger partial charge in [-0.2, -0.15) is 0 Å². The van der Waals surface area contributed by atoms with Crippen molar-refractivity contribution in [1.29, 1.82) is 0 Å². The van der Waals surface area contributed by atoms with E-state index in [0.29, 0.717) is 12.1 Å². The third-order valence-corrected chi connectivity index (χ3v) is 2.78. The van der Waals surface area contributed by atoms with Crippen LogP contribution >= 0.6 is 0 Å². The minimum absolute atomic E-state index is 0.348. The molecule has 1 aliphatic rings. The summed E-state index contributed by atoms with van der Waals surface area (Å²) >= 11 is 0. The van der Waals surface area contributed by atoms with Gasteiger partial charge in [-0.3, -0.25) is 0 Å². The van der Waals surface area contributed by atoms with E-state index >= 15 is 0 Å². The summed E-state index contributed by atoms with van der Waals surface area (Å²) in [6.07, 6.45) is 3.10. The van der Waals surface area contributed by atoms with Gasteiger partial charge in [-0.1, -0.05) is 0 Å². The minimum Gasteiger partial charge on any atom is -0.377 e. The monoisotopic (exact) mass is 214 g/mol. The van der Waals surface area contributed by atoms with E-state index in [4.69, 9.17) is 4.74 Å². The molecule has 0 radical (unpaired) electrons. The van der Waals surface area contributed by atoms with E-state index in [1.54, 1.807) is 0 Å². The van der Waals surface area contributed by atoms with Crippen LogP contribution in [-0.2, 0) is 4.74 Å². The highest BCUT2D eigenvalue weighted by atomic mass is 16.5. The van der Waals surface area contributed by atoms with Crippen molar-refractivity contribution in [1.82, 2.24) is 10.2 Å². The SMILES string of the molecule is CC(CN1CCCC1)NCCOC(C)C. The fourth-order valence-corrected chi connectivity index (χ4v) is 2.02. The number of nitrogens with one attached hydrogen (secondary N) is 1. The Kier molecular flexibility index (Phi) is 6.22. The average molecular weight is 214 g/mol. The van der Waals surface area contributed by atoms with Crippen molar-refractivity contribution in [2.45, 2.75) is 45.8 Å². The Balaban J connectivity index is 1.95. The summed E-state index contributed by atoms with van der Waals surface area (Å²) in [4.78, 5) is 2.54. The van der Waals surface area contributed by atoms with E-state index in [1.165, 1.54) is 32.5 Å². The summed E-state index contributed by atoms with van der Waals surface area (Å²) in [5.74, 6) is 0. The lowest BCUT2D eigenvalue weighted by Gasteiger charge is -2.21. The highest BCUT2D eigenvalue weighted by Gasteiger charge is 2.13. The van der Waals surface area contributed by atoms with Gasteiger partial charge in [0.05, 0.1) is 12.7 Å². The number of nitrogens with zero attached hydrogens (tertiary/aromatic N) is 1. The molecule has 0 spiro atoms. The van der Waals surface area contributed by atoms with Gasteiger partial charge in [-0.25, -0.2) is 0 Å². The number of hydrogen-bond donors (Lipinski definition) is 1. The molecule has 1 heterocycles. The molecule has 3 nitrogen and oxygen atoms in total. The van der Waals surface area contributed by atoms with Crippen molar-refractivity contribution < 1.29 is 4.74 Å². The van der Waals surface area contributed by atoms with Crippen LogP contribution in [0.5, 0.6) is 0 Å². The molecule has 0 aromatic heterocycles. The van der Waals surface area contributed by atoms with Crippen LogP contribution in [0.2, 0.25) is 0 Å². The molecule has 1 atom stereocenters. The van der Waals surface area contributed by atoms with Gasteiger partial charge in [-0.15, -0.1) is 0 Å². The van der Waals surface area contributed by atoms with Crippen LogP contribution in [-0.4, -0.2) is 49.8 Å². The maximum Gasteiger partial charge on any atom is 0.0594 e. The van der Waals surface area contributed by atoms with Gasteiger partial charge in [-0.05, 0) is 46.7 Å². The molecule has 1 unspecified atom stereocenters. The molecule has 0 aliphatic carbocycles. The normalized spacial score (nSPS) is 20.0. The molecule has 0 aromatic carbocycles. The van der Waals surface area contributed by atoms with Crippen molar-refractivity contribution >= 4 is 0 Å². The summed E-state index contributed by atoms with van der Waals surface area (Å²) in [5.41, 5.74) is 0. The fraction of sp³-hybridized carbons (Fsp3) is 1.00. The zero-order valence-corrected chi connectivity index (χ0v) is 10.5. The highest BCUT2D eigenvalue weighted by Crippen LogP contribution is 2.07. The van der Waals surface area contributed by atoms with E-state index in [0.717, 1.165) is 13.2 Å². The molecule has 1 aliphatic heterocycles. The van der Waals surface area contributed by atoms with Crippen molar-refractivity contribution in [3.05, 3.63) is 0 Å². The number of ether oxygens (including phenoxy) is 1. The van der Waals surface area contributed by atoms with Crippen LogP contribution < -0.4 is 5.32 Å². The second kappa shape index (κ2) is 7.20. The van der Waals surface area contributed by atoms with Gasteiger partial charge >= 0.3 is 0 Å². The molecule has 1 fully saturated rings. The lowest BCUT2D eigenvalue weighted by atomic mass is 10.3. The lowest BCUT2D eigenvalue weighted by molar-refractivity contribution is 0.0789. The predicted octanol–water partition coefficient (Wildman–Crippen LogP) is 1.49. The van der Waals surface area contributed by atoms with Gasteiger partial charge in [0.25, 0.3) is 0 Å². The second-order valence-corrected chi connectivity index (χ2v) is 4.78. The standard InChI is InChI=1S/C12H26N2O/c1-11(2)15-9-6-13-12(3)10-14-7-4-5-8-14/h11-13H,4-10H2,1-3H3. The number of hydrogen-bond acceptors (Lipinski definition) is 3. The Labute approximate surface area is 94.2 Å². The van der Waals surface area contributed by atoms with Gasteiger partial charge in [0.2, 0.25) is 0 Å². The average Bonchev–Trinajstić information content (AvgIpc) is 2.64. The highest BCUT2D eigenvalue weighted by molar-refractivity contribution is 4.72. The molecule has 3 heteroatoms. The molecule has 0 saturated carbocycles. The predicted molar refractivity (Wildman–Crippen MR) is 64.2 cm³/mol. The Morgan fingerprint density at radius 1 is 1.20 bits per heavy atom. The van der Waals surface area contributed by atoms with Crippen LogP contribution in [0.15, 0.2) is 0 Å². The smallest absolute Gasteiger partial charge is 0.0594 e. The molecular weight excluding hydrogens is 188 g/mol. The summed E-state index contributed by atoms with van der Waals surface area (Å²) in [7, 11) is 0. The van der Waals surface area contributed by atoms with E-state index < -0.39 is 0 Å². The largest absolute Gasteiger partial charge is 0.377 e. The third kappa shape index (κ3) is 6.13. The van der Waals surface area contributed by atoms with Gasteiger partial charge in [0.1, 0.15) is 0 Å². The van der Waals surface area contributed by atoms with E-state index in [1.807, 2.05) is 0 Å². The zero-order chi connectivity index (χ0) is 11.1. The van der Waals surface area contributed by atoms with Crippen molar-refractivity contribution in [2.24, 2.45) is 0 Å². The van der Waals surface area contributed by atoms with E-state index in [-0.39, 0.29) is 0 Å². The Morgan fingerprint density at radius 2 is 1.87 bits per heavy atom. The maximum atomic E-state index is 5.49. The van der Waals surface area contributed by atoms with Crippen LogP contribution in [0.4, 0.5) is 0 Å². The van der Waals surface area contributed by atoms with Crippen molar-refractivity contribution in [2.75, 3.05) is 32.8 Å². The lowest BCUT2D eigenvalue weighted by Crippen LogP contribution is -2.39. The molecule has 0 bridgehead atoms. The van der Waals surface area contributed by atoms with Crippen LogP contribution in [0.25, 0.3) is 0 Å². The van der Waals surface area contributed by atoms with Crippen molar-refractivity contribution in [3.63, 3.8) is 0 Å². The summed E-state index contributed by atoms with van der Waals surface area (Å²) < 4.78 is 5.49. The summed E-state index contributed by atoms with van der Waals surface area (Å²) in [6.45, 7) is 12.0. The molecule has 0 aromatic rings. The topological polar surface area (TPSA) is 24.5 Å². The molecule has 0 amide bonds. The third-order valence-electron chi connectivity index (χ3n) is 2.78. The van der Waals surface area contributed by atoms with Gasteiger partial charge in [0.15, 0.2) is 0 Å². The number of likely N-dealkylation sites (tertiary alicyclic amines) is 1. The first-order valence-corrected chi connectivity index (χ1v) is 6.26. The van der Waals surface area contributed by atoms with Gasteiger partial charge < -0.3 is 15.0 Å². The molecular formula is C12H26N2O. The molecule has 90 valence electrons. The summed E-state index contributed by atoms with van der Waals surface area (Å²) in [5, 5.41) is 3.50. The zero-order valence-electron chi connectivity index (χ0n) is 10.5. The van der Waals surface area contributed by atoms with Crippen molar-refractivity contribution in [3.8, 4) is 0 Å². The first-order valence-electron chi connectivity index (χ1n) is 6.26. The summed E-state index contributed by atoms with van der Waals surface area (Å²) in [6, 6.07) is 0.582. The molecule has 1 rings (SSSR count). The first-order chi connectivity index (χ1) is 7.18. The quantitative estimate of drug-likeness (QED) is 0.650. The van der Waals surface area contributed by atoms with E-state index in [2.05, 4.69) is 31.0 Å². The Hall–Kier alpha value is -0.120. The Bertz CT molecular complexity index is 156. The molecule has 1 saturated heterocycles. The number of rotatable bonds is 7. The Morgan fingerprint density at radius 3 is 2.47 bits per heavy atom. The van der Waals surface area contributed by atoms with E-state index in [9.17, 15) is 0 Å². The minimum atomic E-state index is 0.348.